The minimum atomic E-state index is -1.63. The number of hydrogen-bond donors (Lipinski definition) is 2. The molecule has 0 amide bonds. The minimum Gasteiger partial charge on any atom is -0.423 e. The molecule has 0 saturated heterocycles. The molecular formula is C8H5BFIO2S. The number of fused-ring (bicyclic) bond motifs is 1. The molecular weight excluding hydrogens is 317 g/mol. The van der Waals surface area contributed by atoms with Crippen LogP contribution < -0.4 is 5.46 Å². The van der Waals surface area contributed by atoms with Gasteiger partial charge in [-0.25, -0.2) is 4.39 Å². The van der Waals surface area contributed by atoms with Crippen LogP contribution in [0, 0.1) is 9.39 Å². The molecule has 0 unspecified atom stereocenters. The molecule has 1 aromatic carbocycles. The fraction of sp³-hybridized carbons (Fsp3) is 0. The summed E-state index contributed by atoms with van der Waals surface area (Å²) in [5, 5.41) is 20.6. The van der Waals surface area contributed by atoms with Crippen LogP contribution >= 0.6 is 33.9 Å². The first-order valence-corrected chi connectivity index (χ1v) is 5.78. The van der Waals surface area contributed by atoms with Gasteiger partial charge in [-0.3, -0.25) is 0 Å². The first kappa shape index (κ1) is 10.3. The average molecular weight is 322 g/mol. The number of thiophene rings is 1. The minimum absolute atomic E-state index is 0.221. The van der Waals surface area contributed by atoms with Crippen molar-refractivity contribution in [2.45, 2.75) is 0 Å². The Morgan fingerprint density at radius 1 is 1.43 bits per heavy atom. The van der Waals surface area contributed by atoms with Gasteiger partial charge in [-0.15, -0.1) is 11.3 Å². The summed E-state index contributed by atoms with van der Waals surface area (Å²) >= 11 is 3.30. The van der Waals surface area contributed by atoms with Crippen LogP contribution in [0.2, 0.25) is 0 Å². The lowest BCUT2D eigenvalue weighted by molar-refractivity contribution is 0.426. The van der Waals surface area contributed by atoms with Crippen LogP contribution in [-0.2, 0) is 0 Å². The molecule has 6 heteroatoms. The van der Waals surface area contributed by atoms with E-state index in [1.165, 1.54) is 17.4 Å². The summed E-state index contributed by atoms with van der Waals surface area (Å²) in [5.74, 6) is -0.413. The highest BCUT2D eigenvalue weighted by molar-refractivity contribution is 14.1. The summed E-state index contributed by atoms with van der Waals surface area (Å²) < 4.78 is 14.6. The Balaban J connectivity index is 2.84. The van der Waals surface area contributed by atoms with Gasteiger partial charge in [0.05, 0.1) is 8.27 Å². The van der Waals surface area contributed by atoms with Gasteiger partial charge in [-0.05, 0) is 51.0 Å². The van der Waals surface area contributed by atoms with Gasteiger partial charge in [0.1, 0.15) is 5.82 Å². The number of benzene rings is 1. The van der Waals surface area contributed by atoms with E-state index in [0.29, 0.717) is 8.96 Å². The second-order valence-electron chi connectivity index (χ2n) is 2.80. The quantitative estimate of drug-likeness (QED) is 0.614. The van der Waals surface area contributed by atoms with E-state index in [-0.39, 0.29) is 5.46 Å². The molecule has 0 aliphatic heterocycles. The van der Waals surface area contributed by atoms with Gasteiger partial charge in [0.15, 0.2) is 0 Å². The normalized spacial score (nSPS) is 10.9. The van der Waals surface area contributed by atoms with Gasteiger partial charge < -0.3 is 10.0 Å². The van der Waals surface area contributed by atoms with Gasteiger partial charge in [0, 0.05) is 0 Å². The second-order valence-corrected chi connectivity index (χ2v) is 4.79. The lowest BCUT2D eigenvalue weighted by Gasteiger charge is -2.04. The van der Waals surface area contributed by atoms with E-state index in [1.54, 1.807) is 11.4 Å². The third kappa shape index (κ3) is 1.56. The molecule has 14 heavy (non-hydrogen) atoms. The lowest BCUT2D eigenvalue weighted by atomic mass is 9.78. The monoisotopic (exact) mass is 322 g/mol. The van der Waals surface area contributed by atoms with Crippen molar-refractivity contribution in [2.24, 2.45) is 0 Å². The maximum Gasteiger partial charge on any atom is 0.489 e. The van der Waals surface area contributed by atoms with E-state index in [9.17, 15) is 4.39 Å². The molecule has 1 aromatic heterocycles. The molecule has 2 rings (SSSR count). The van der Waals surface area contributed by atoms with E-state index < -0.39 is 12.9 Å². The molecule has 0 atom stereocenters. The van der Waals surface area contributed by atoms with Crippen molar-refractivity contribution in [1.82, 2.24) is 0 Å². The maximum atomic E-state index is 13.3. The Kier molecular flexibility index (Phi) is 2.78. The Morgan fingerprint density at radius 2 is 2.14 bits per heavy atom. The maximum absolute atomic E-state index is 13.3. The van der Waals surface area contributed by atoms with Gasteiger partial charge in [-0.1, -0.05) is 0 Å². The van der Waals surface area contributed by atoms with Crippen molar-refractivity contribution in [1.29, 1.82) is 0 Å². The third-order valence-electron chi connectivity index (χ3n) is 1.95. The second kappa shape index (κ2) is 3.76. The summed E-state index contributed by atoms with van der Waals surface area (Å²) in [4.78, 5) is 0. The van der Waals surface area contributed by atoms with Crippen LogP contribution in [0.4, 0.5) is 4.39 Å². The van der Waals surface area contributed by atoms with E-state index in [2.05, 4.69) is 0 Å². The fourth-order valence-electron chi connectivity index (χ4n) is 1.31. The number of hydrogen-bond acceptors (Lipinski definition) is 3. The highest BCUT2D eigenvalue weighted by Gasteiger charge is 2.19. The molecule has 2 aromatic rings. The fourth-order valence-corrected chi connectivity index (χ4v) is 2.99. The molecule has 72 valence electrons. The molecule has 0 saturated carbocycles. The largest absolute Gasteiger partial charge is 0.489 e. The zero-order valence-corrected chi connectivity index (χ0v) is 9.84. The average Bonchev–Trinajstić information content (AvgIpc) is 2.59. The van der Waals surface area contributed by atoms with Crippen LogP contribution in [0.15, 0.2) is 17.5 Å². The Hall–Kier alpha value is -0.175. The Bertz CT molecular complexity index is 485. The van der Waals surface area contributed by atoms with Crippen molar-refractivity contribution in [3.05, 3.63) is 26.9 Å². The first-order valence-electron chi connectivity index (χ1n) is 3.82. The summed E-state index contributed by atoms with van der Waals surface area (Å²) in [6.45, 7) is 0. The summed E-state index contributed by atoms with van der Waals surface area (Å²) in [6, 6.07) is 2.93. The Morgan fingerprint density at radius 3 is 2.79 bits per heavy atom. The van der Waals surface area contributed by atoms with E-state index in [0.717, 1.165) is 4.70 Å². The molecule has 0 aliphatic rings. The van der Waals surface area contributed by atoms with Gasteiger partial charge in [0.2, 0.25) is 0 Å². The van der Waals surface area contributed by atoms with Crippen LogP contribution in [-0.4, -0.2) is 17.2 Å². The lowest BCUT2D eigenvalue weighted by Crippen LogP contribution is -2.30. The summed E-state index contributed by atoms with van der Waals surface area (Å²) in [6.07, 6.45) is 0. The van der Waals surface area contributed by atoms with Crippen molar-refractivity contribution >= 4 is 56.6 Å². The van der Waals surface area contributed by atoms with E-state index in [4.69, 9.17) is 10.0 Å². The highest BCUT2D eigenvalue weighted by Crippen LogP contribution is 2.27. The third-order valence-corrected chi connectivity index (χ3v) is 4.30. The van der Waals surface area contributed by atoms with Crippen molar-refractivity contribution < 1.29 is 14.4 Å². The zero-order chi connectivity index (χ0) is 10.3. The topological polar surface area (TPSA) is 40.5 Å². The predicted octanol–water partition coefficient (Wildman–Crippen LogP) is 1.32. The molecule has 0 aliphatic carbocycles. The summed E-state index contributed by atoms with van der Waals surface area (Å²) in [7, 11) is -1.63. The van der Waals surface area contributed by atoms with Crippen molar-refractivity contribution in [3.63, 3.8) is 0 Å². The van der Waals surface area contributed by atoms with Gasteiger partial charge >= 0.3 is 7.12 Å². The van der Waals surface area contributed by atoms with Crippen LogP contribution in [0.3, 0.4) is 0 Å². The summed E-state index contributed by atoms with van der Waals surface area (Å²) in [5.41, 5.74) is 0.221. The number of halogens is 2. The van der Waals surface area contributed by atoms with Crippen molar-refractivity contribution in [3.8, 4) is 0 Å². The molecule has 0 fully saturated rings. The van der Waals surface area contributed by atoms with Crippen LogP contribution in [0.25, 0.3) is 10.1 Å². The zero-order valence-electron chi connectivity index (χ0n) is 6.87. The highest BCUT2D eigenvalue weighted by atomic mass is 127. The van der Waals surface area contributed by atoms with Crippen molar-refractivity contribution in [2.75, 3.05) is 0 Å². The predicted molar refractivity (Wildman–Crippen MR) is 64.3 cm³/mol. The number of rotatable bonds is 1. The van der Waals surface area contributed by atoms with Crippen LogP contribution in [0.1, 0.15) is 0 Å². The smallest absolute Gasteiger partial charge is 0.423 e. The molecule has 0 spiro atoms. The molecule has 2 N–H and O–H groups in total. The van der Waals surface area contributed by atoms with Crippen LogP contribution in [0.5, 0.6) is 0 Å². The molecule has 0 bridgehead atoms. The molecule has 0 radical (unpaired) electrons. The molecule has 1 heterocycles. The molecule has 2 nitrogen and oxygen atoms in total. The Labute approximate surface area is 97.7 Å². The van der Waals surface area contributed by atoms with Gasteiger partial charge in [0.25, 0.3) is 0 Å². The first-order chi connectivity index (χ1) is 6.61. The standard InChI is InChI=1S/C8H5BFIO2S/c10-6-3-5(9(12)13)4-1-2-14-8(4)7(6)11/h1-3,12-13H. The van der Waals surface area contributed by atoms with Gasteiger partial charge in [-0.2, -0.15) is 0 Å². The van der Waals surface area contributed by atoms with E-state index in [1.807, 2.05) is 22.6 Å². The SMILES string of the molecule is OB(O)c1cc(F)c(I)c2sccc12. The van der Waals surface area contributed by atoms with E-state index >= 15 is 0 Å².